The summed E-state index contributed by atoms with van der Waals surface area (Å²) in [6.07, 6.45) is -2.12. The molecule has 0 saturated carbocycles. The highest BCUT2D eigenvalue weighted by molar-refractivity contribution is 6.80. The Bertz CT molecular complexity index is 586. The van der Waals surface area contributed by atoms with Gasteiger partial charge >= 0.3 is 0 Å². The molecule has 2 aromatic carbocycles. The van der Waals surface area contributed by atoms with Gasteiger partial charge in [0, 0.05) is 0 Å². The predicted octanol–water partition coefficient (Wildman–Crippen LogP) is 0.875. The molecule has 4 nitrogen and oxygen atoms in total. The van der Waals surface area contributed by atoms with Gasteiger partial charge in [0.1, 0.15) is 0 Å². The third-order valence-corrected chi connectivity index (χ3v) is 6.87. The van der Waals surface area contributed by atoms with E-state index in [0.29, 0.717) is 0 Å². The molecule has 0 fully saturated rings. The summed E-state index contributed by atoms with van der Waals surface area (Å²) in [5.74, 6) is -0.762. The lowest BCUT2D eigenvalue weighted by Gasteiger charge is -2.39. The van der Waals surface area contributed by atoms with Gasteiger partial charge in [-0.15, -0.1) is 0 Å². The zero-order valence-corrected chi connectivity index (χ0v) is 16.2. The predicted molar refractivity (Wildman–Crippen MR) is 102 cm³/mol. The first-order valence-corrected chi connectivity index (χ1v) is 10.2. The molecule has 2 rings (SSSR count). The first-order chi connectivity index (χ1) is 11.8. The van der Waals surface area contributed by atoms with Crippen LogP contribution in [0.25, 0.3) is 0 Å². The van der Waals surface area contributed by atoms with Gasteiger partial charge in [-0.25, -0.2) is 0 Å². The molecule has 0 aliphatic rings. The molecule has 136 valence electrons. The smallest absolute Gasteiger partial charge is 0.240 e. The van der Waals surface area contributed by atoms with Crippen molar-refractivity contribution in [2.24, 2.45) is 11.3 Å². The van der Waals surface area contributed by atoms with E-state index in [2.05, 4.69) is 0 Å². The van der Waals surface area contributed by atoms with E-state index in [-0.39, 0.29) is 12.0 Å². The lowest BCUT2D eigenvalue weighted by atomic mass is 9.81. The van der Waals surface area contributed by atoms with Crippen molar-refractivity contribution in [1.29, 1.82) is 0 Å². The van der Waals surface area contributed by atoms with Crippen molar-refractivity contribution < 1.29 is 19.7 Å². The van der Waals surface area contributed by atoms with E-state index in [9.17, 15) is 15.3 Å². The van der Waals surface area contributed by atoms with E-state index in [4.69, 9.17) is 4.43 Å². The standard InChI is InChI=1S/C20H28O4Si/c1-20(2,3)18(17(14-21)19(22)23)24-25(15-10-6-4-7-11-15)16-12-8-5-9-13-16/h4-13,17-19,21-23,25H,14H2,1-3H3. The second-order valence-corrected chi connectivity index (χ2v) is 9.75. The van der Waals surface area contributed by atoms with E-state index in [1.54, 1.807) is 0 Å². The highest BCUT2D eigenvalue weighted by Crippen LogP contribution is 2.30. The van der Waals surface area contributed by atoms with Crippen LogP contribution in [0.15, 0.2) is 60.7 Å². The first-order valence-electron chi connectivity index (χ1n) is 8.57. The van der Waals surface area contributed by atoms with Gasteiger partial charge < -0.3 is 19.7 Å². The third kappa shape index (κ3) is 5.23. The maximum absolute atomic E-state index is 9.73. The number of aliphatic hydroxyl groups excluding tert-OH is 2. The second kappa shape index (κ2) is 8.74. The summed E-state index contributed by atoms with van der Waals surface area (Å²) in [5.41, 5.74) is -0.355. The highest BCUT2D eigenvalue weighted by atomic mass is 28.3. The third-order valence-electron chi connectivity index (χ3n) is 4.32. The van der Waals surface area contributed by atoms with Crippen LogP contribution in [-0.2, 0) is 4.43 Å². The van der Waals surface area contributed by atoms with Gasteiger partial charge in [0.05, 0.1) is 18.6 Å². The molecule has 0 spiro atoms. The van der Waals surface area contributed by atoms with Crippen LogP contribution in [0.5, 0.6) is 0 Å². The van der Waals surface area contributed by atoms with E-state index < -0.39 is 27.4 Å². The van der Waals surface area contributed by atoms with Gasteiger partial charge in [0.15, 0.2) is 6.29 Å². The fourth-order valence-corrected chi connectivity index (χ4v) is 5.79. The monoisotopic (exact) mass is 360 g/mol. The molecule has 0 amide bonds. The van der Waals surface area contributed by atoms with E-state index >= 15 is 0 Å². The maximum Gasteiger partial charge on any atom is 0.240 e. The van der Waals surface area contributed by atoms with E-state index in [1.165, 1.54) is 0 Å². The Hall–Kier alpha value is -1.50. The molecule has 0 radical (unpaired) electrons. The molecule has 0 saturated heterocycles. The summed E-state index contributed by atoms with van der Waals surface area (Å²) in [7, 11) is -2.05. The zero-order chi connectivity index (χ0) is 18.4. The summed E-state index contributed by atoms with van der Waals surface area (Å²) in [6.45, 7) is 5.63. The topological polar surface area (TPSA) is 69.9 Å². The minimum Gasteiger partial charge on any atom is -0.407 e. The molecular formula is C20H28O4Si. The number of hydrogen-bond acceptors (Lipinski definition) is 4. The normalized spacial score (nSPS) is 14.7. The Kier molecular flexibility index (Phi) is 6.92. The quantitative estimate of drug-likeness (QED) is 0.506. The van der Waals surface area contributed by atoms with E-state index in [0.717, 1.165) is 10.4 Å². The molecule has 0 bridgehead atoms. The average molecular weight is 361 g/mol. The Morgan fingerprint density at radius 1 is 0.880 bits per heavy atom. The van der Waals surface area contributed by atoms with Crippen molar-refractivity contribution in [3.63, 3.8) is 0 Å². The fourth-order valence-electron chi connectivity index (χ4n) is 3.05. The summed E-state index contributed by atoms with van der Waals surface area (Å²) in [4.78, 5) is 0. The summed E-state index contributed by atoms with van der Waals surface area (Å²) in [5, 5.41) is 31.4. The van der Waals surface area contributed by atoms with Crippen molar-refractivity contribution in [1.82, 2.24) is 0 Å². The summed E-state index contributed by atoms with van der Waals surface area (Å²) < 4.78 is 6.56. The molecular weight excluding hydrogens is 332 g/mol. The number of hydrogen-bond donors (Lipinski definition) is 3. The van der Waals surface area contributed by atoms with Crippen LogP contribution < -0.4 is 10.4 Å². The van der Waals surface area contributed by atoms with Crippen LogP contribution in [0, 0.1) is 11.3 Å². The number of aliphatic hydroxyl groups is 3. The lowest BCUT2D eigenvalue weighted by Crippen LogP contribution is -2.54. The van der Waals surface area contributed by atoms with E-state index in [1.807, 2.05) is 81.4 Å². The van der Waals surface area contributed by atoms with Crippen molar-refractivity contribution in [3.05, 3.63) is 60.7 Å². The highest BCUT2D eigenvalue weighted by Gasteiger charge is 2.38. The van der Waals surface area contributed by atoms with Crippen molar-refractivity contribution >= 4 is 19.4 Å². The molecule has 5 heteroatoms. The average Bonchev–Trinajstić information content (AvgIpc) is 2.58. The van der Waals surface area contributed by atoms with Gasteiger partial charge in [-0.2, -0.15) is 0 Å². The van der Waals surface area contributed by atoms with Gasteiger partial charge in [-0.3, -0.25) is 0 Å². The van der Waals surface area contributed by atoms with Crippen LogP contribution in [0.1, 0.15) is 20.8 Å². The van der Waals surface area contributed by atoms with Crippen molar-refractivity contribution in [2.75, 3.05) is 6.61 Å². The van der Waals surface area contributed by atoms with Gasteiger partial charge in [0.2, 0.25) is 9.04 Å². The molecule has 25 heavy (non-hydrogen) atoms. The van der Waals surface area contributed by atoms with Crippen molar-refractivity contribution in [2.45, 2.75) is 33.2 Å². The summed E-state index contributed by atoms with van der Waals surface area (Å²) in [6, 6.07) is 20.1. The molecule has 0 aliphatic heterocycles. The number of benzene rings is 2. The molecule has 0 aliphatic carbocycles. The second-order valence-electron chi connectivity index (χ2n) is 7.38. The largest absolute Gasteiger partial charge is 0.407 e. The molecule has 2 unspecified atom stereocenters. The minimum atomic E-state index is -2.05. The molecule has 0 aromatic heterocycles. The Morgan fingerprint density at radius 3 is 1.64 bits per heavy atom. The Balaban J connectivity index is 2.42. The fraction of sp³-hybridized carbons (Fsp3) is 0.400. The van der Waals surface area contributed by atoms with Gasteiger partial charge in [-0.05, 0) is 15.8 Å². The maximum atomic E-state index is 9.73. The van der Waals surface area contributed by atoms with Crippen LogP contribution in [0.3, 0.4) is 0 Å². The molecule has 0 heterocycles. The molecule has 3 N–H and O–H groups in total. The number of rotatable bonds is 7. The minimum absolute atomic E-state index is 0.343. The SMILES string of the molecule is CC(C)(C)C(O[SiH](c1ccccc1)c1ccccc1)C(CO)C(O)O. The Morgan fingerprint density at radius 2 is 1.32 bits per heavy atom. The first kappa shape index (κ1) is 19.8. The van der Waals surface area contributed by atoms with Gasteiger partial charge in [0.25, 0.3) is 0 Å². The van der Waals surface area contributed by atoms with Crippen LogP contribution in [-0.4, -0.2) is 43.4 Å². The molecule has 2 atom stereocenters. The van der Waals surface area contributed by atoms with Crippen LogP contribution in [0.4, 0.5) is 0 Å². The Labute approximate surface area is 151 Å². The van der Waals surface area contributed by atoms with Gasteiger partial charge in [-0.1, -0.05) is 81.4 Å². The zero-order valence-electron chi connectivity index (χ0n) is 15.0. The van der Waals surface area contributed by atoms with Crippen LogP contribution >= 0.6 is 0 Å². The molecule has 2 aromatic rings. The lowest BCUT2D eigenvalue weighted by molar-refractivity contribution is -0.144. The van der Waals surface area contributed by atoms with Crippen LogP contribution in [0.2, 0.25) is 0 Å². The summed E-state index contributed by atoms with van der Waals surface area (Å²) >= 11 is 0. The van der Waals surface area contributed by atoms with Crippen molar-refractivity contribution in [3.8, 4) is 0 Å².